The minimum atomic E-state index is -0.511. The number of aliphatic hydroxyl groups is 1. The van der Waals surface area contributed by atoms with Crippen LogP contribution < -0.4 is 16.2 Å². The molecule has 0 saturated carbocycles. The first-order valence-corrected chi connectivity index (χ1v) is 3.09. The Hall–Kier alpha value is -0.160. The normalized spacial score (nSPS) is 23.3. The van der Waals surface area contributed by atoms with Gasteiger partial charge < -0.3 is 10.4 Å². The molecule has 9 heavy (non-hydrogen) atoms. The second kappa shape index (κ2) is 2.62. The van der Waals surface area contributed by atoms with Gasteiger partial charge in [-0.25, -0.2) is 0 Å². The largest absolute Gasteiger partial charge is 0.386 e. The molecule has 1 aliphatic heterocycles. The van der Waals surface area contributed by atoms with Gasteiger partial charge in [0.05, 0.1) is 0 Å². The van der Waals surface area contributed by atoms with E-state index in [4.69, 9.17) is 0 Å². The van der Waals surface area contributed by atoms with Crippen molar-refractivity contribution in [2.45, 2.75) is 5.60 Å². The van der Waals surface area contributed by atoms with Gasteiger partial charge in [-0.1, -0.05) is 0 Å². The van der Waals surface area contributed by atoms with E-state index in [1.807, 2.05) is 0 Å². The van der Waals surface area contributed by atoms with Crippen LogP contribution in [-0.2, 0) is 0 Å². The van der Waals surface area contributed by atoms with Gasteiger partial charge in [-0.3, -0.25) is 10.9 Å². The van der Waals surface area contributed by atoms with Gasteiger partial charge >= 0.3 is 0 Å². The van der Waals surface area contributed by atoms with Crippen LogP contribution in [0, 0.1) is 0 Å². The molecular formula is C5H13N3O. The number of β-amino-alcohol motifs (C(OH)–C–C–N with tert-alkyl or cyclic N) is 1. The van der Waals surface area contributed by atoms with Gasteiger partial charge in [-0.2, -0.15) is 0 Å². The van der Waals surface area contributed by atoms with E-state index < -0.39 is 5.60 Å². The molecule has 1 heterocycles. The van der Waals surface area contributed by atoms with E-state index in [1.165, 1.54) is 0 Å². The third-order valence-electron chi connectivity index (χ3n) is 1.50. The fraction of sp³-hybridized carbons (Fsp3) is 1.00. The van der Waals surface area contributed by atoms with Crippen LogP contribution in [0.15, 0.2) is 0 Å². The lowest BCUT2D eigenvalue weighted by Crippen LogP contribution is -2.65. The fourth-order valence-electron chi connectivity index (χ4n) is 0.791. The van der Waals surface area contributed by atoms with Gasteiger partial charge in [0, 0.05) is 19.6 Å². The van der Waals surface area contributed by atoms with E-state index in [0.717, 1.165) is 0 Å². The van der Waals surface area contributed by atoms with Crippen molar-refractivity contribution in [3.05, 3.63) is 0 Å². The highest BCUT2D eigenvalue weighted by Crippen LogP contribution is 2.06. The average Bonchev–Trinajstić information content (AvgIpc) is 1.79. The van der Waals surface area contributed by atoms with Crippen LogP contribution in [0.3, 0.4) is 0 Å². The molecule has 0 aliphatic carbocycles. The van der Waals surface area contributed by atoms with Crippen molar-refractivity contribution in [1.82, 2.24) is 16.2 Å². The molecule has 0 aromatic carbocycles. The Morgan fingerprint density at radius 2 is 2.33 bits per heavy atom. The molecule has 0 spiro atoms. The SMILES string of the molecule is CNNCC1(O)CNC1. The topological polar surface area (TPSA) is 56.3 Å². The molecule has 4 N–H and O–H groups in total. The molecule has 0 radical (unpaired) electrons. The third-order valence-corrected chi connectivity index (χ3v) is 1.50. The highest BCUT2D eigenvalue weighted by atomic mass is 16.3. The highest BCUT2D eigenvalue weighted by Gasteiger charge is 2.33. The molecule has 0 unspecified atom stereocenters. The summed E-state index contributed by atoms with van der Waals surface area (Å²) in [5, 5.41) is 12.4. The summed E-state index contributed by atoms with van der Waals surface area (Å²) in [6.45, 7) is 2.00. The summed E-state index contributed by atoms with van der Waals surface area (Å²) in [5.74, 6) is 0. The first-order valence-electron chi connectivity index (χ1n) is 3.09. The van der Waals surface area contributed by atoms with Crippen molar-refractivity contribution < 1.29 is 5.11 Å². The Morgan fingerprint density at radius 1 is 1.67 bits per heavy atom. The lowest BCUT2D eigenvalue weighted by Gasteiger charge is -2.37. The summed E-state index contributed by atoms with van der Waals surface area (Å²) >= 11 is 0. The molecule has 0 amide bonds. The molecule has 1 rings (SSSR count). The van der Waals surface area contributed by atoms with Gasteiger partial charge in [-0.05, 0) is 7.05 Å². The zero-order valence-electron chi connectivity index (χ0n) is 5.57. The summed E-state index contributed by atoms with van der Waals surface area (Å²) in [6.07, 6.45) is 0. The molecule has 1 aliphatic rings. The predicted molar refractivity (Wildman–Crippen MR) is 34.9 cm³/mol. The average molecular weight is 131 g/mol. The third kappa shape index (κ3) is 1.62. The minimum absolute atomic E-state index is 0.511. The first kappa shape index (κ1) is 6.95. The summed E-state index contributed by atoms with van der Waals surface area (Å²) in [7, 11) is 1.79. The molecule has 0 bridgehead atoms. The van der Waals surface area contributed by atoms with Crippen molar-refractivity contribution in [1.29, 1.82) is 0 Å². The zero-order valence-corrected chi connectivity index (χ0v) is 5.57. The van der Waals surface area contributed by atoms with E-state index >= 15 is 0 Å². The van der Waals surface area contributed by atoms with Crippen molar-refractivity contribution in [2.75, 3.05) is 26.7 Å². The van der Waals surface area contributed by atoms with Crippen LogP contribution in [0.2, 0.25) is 0 Å². The number of nitrogens with one attached hydrogen (secondary N) is 3. The van der Waals surface area contributed by atoms with Crippen LogP contribution in [0.4, 0.5) is 0 Å². The lowest BCUT2D eigenvalue weighted by atomic mass is 9.98. The maximum Gasteiger partial charge on any atom is 0.103 e. The summed E-state index contributed by atoms with van der Waals surface area (Å²) < 4.78 is 0. The van der Waals surface area contributed by atoms with Gasteiger partial charge in [-0.15, -0.1) is 0 Å². The quantitative estimate of drug-likeness (QED) is 0.336. The Morgan fingerprint density at radius 3 is 2.67 bits per heavy atom. The molecule has 4 heteroatoms. The van der Waals surface area contributed by atoms with Gasteiger partial charge in [0.1, 0.15) is 5.60 Å². The summed E-state index contributed by atoms with van der Waals surface area (Å²) in [4.78, 5) is 0. The Bertz CT molecular complexity index is 92.2. The molecule has 1 saturated heterocycles. The molecule has 54 valence electrons. The van der Waals surface area contributed by atoms with Crippen molar-refractivity contribution in [2.24, 2.45) is 0 Å². The smallest absolute Gasteiger partial charge is 0.103 e. The monoisotopic (exact) mass is 131 g/mol. The van der Waals surface area contributed by atoms with Gasteiger partial charge in [0.2, 0.25) is 0 Å². The Kier molecular flexibility index (Phi) is 2.02. The molecule has 1 fully saturated rings. The predicted octanol–water partition coefficient (Wildman–Crippen LogP) is -1.96. The number of hydrazine groups is 1. The van der Waals surface area contributed by atoms with E-state index in [2.05, 4.69) is 16.2 Å². The Balaban J connectivity index is 2.09. The standard InChI is InChI=1S/C5H13N3O/c1-6-8-4-5(9)2-7-3-5/h6-9H,2-4H2,1H3. The fourth-order valence-corrected chi connectivity index (χ4v) is 0.791. The van der Waals surface area contributed by atoms with Crippen LogP contribution in [0.5, 0.6) is 0 Å². The lowest BCUT2D eigenvalue weighted by molar-refractivity contribution is -0.0105. The van der Waals surface area contributed by atoms with Gasteiger partial charge in [0.25, 0.3) is 0 Å². The molecule has 0 aromatic rings. The second-order valence-corrected chi connectivity index (χ2v) is 2.43. The highest BCUT2D eigenvalue weighted by molar-refractivity contribution is 4.93. The van der Waals surface area contributed by atoms with Crippen molar-refractivity contribution in [3.8, 4) is 0 Å². The minimum Gasteiger partial charge on any atom is -0.386 e. The van der Waals surface area contributed by atoms with Crippen molar-refractivity contribution in [3.63, 3.8) is 0 Å². The second-order valence-electron chi connectivity index (χ2n) is 2.43. The molecule has 0 aromatic heterocycles. The van der Waals surface area contributed by atoms with E-state index in [9.17, 15) is 5.11 Å². The summed E-state index contributed by atoms with van der Waals surface area (Å²) in [6, 6.07) is 0. The van der Waals surface area contributed by atoms with Crippen LogP contribution in [0.1, 0.15) is 0 Å². The van der Waals surface area contributed by atoms with Gasteiger partial charge in [0.15, 0.2) is 0 Å². The van der Waals surface area contributed by atoms with E-state index in [0.29, 0.717) is 19.6 Å². The maximum atomic E-state index is 9.38. The number of hydrogen-bond acceptors (Lipinski definition) is 4. The molecule has 4 nitrogen and oxygen atoms in total. The summed E-state index contributed by atoms with van der Waals surface area (Å²) in [5.41, 5.74) is 5.09. The van der Waals surface area contributed by atoms with Crippen molar-refractivity contribution >= 4 is 0 Å². The first-order chi connectivity index (χ1) is 4.27. The number of rotatable bonds is 3. The van der Waals surface area contributed by atoms with Crippen LogP contribution >= 0.6 is 0 Å². The molecule has 0 atom stereocenters. The Labute approximate surface area is 54.6 Å². The van der Waals surface area contributed by atoms with Crippen LogP contribution in [-0.4, -0.2) is 37.4 Å². The molecular weight excluding hydrogens is 118 g/mol. The number of hydrogen-bond donors (Lipinski definition) is 4. The van der Waals surface area contributed by atoms with Crippen LogP contribution in [0.25, 0.3) is 0 Å². The van der Waals surface area contributed by atoms with E-state index in [1.54, 1.807) is 7.05 Å². The zero-order chi connectivity index (χ0) is 6.74. The van der Waals surface area contributed by atoms with E-state index in [-0.39, 0.29) is 0 Å². The maximum absolute atomic E-state index is 9.38.